The van der Waals surface area contributed by atoms with Gasteiger partial charge in [-0.05, 0) is 94.1 Å². The van der Waals surface area contributed by atoms with Crippen LogP contribution in [0.5, 0.6) is 5.75 Å². The number of rotatable bonds is 3. The maximum Gasteiger partial charge on any atom is 0.145 e. The van der Waals surface area contributed by atoms with Gasteiger partial charge < -0.3 is 4.74 Å². The standard InChI is InChI=1S/C17H14I2N2OS/c1-22-16-13(18)6-10(7-14(16)19)9-21-17-12(8-20)11-4-2-3-5-15(11)23-17/h6-7,9H,2-5H2,1H3/b21-9+. The number of aliphatic imine (C=N–C) groups is 1. The minimum Gasteiger partial charge on any atom is -0.495 e. The van der Waals surface area contributed by atoms with Crippen LogP contribution >= 0.6 is 56.5 Å². The summed E-state index contributed by atoms with van der Waals surface area (Å²) in [4.78, 5) is 5.96. The first-order valence-corrected chi connectivity index (χ1v) is 10.2. The van der Waals surface area contributed by atoms with Crippen LogP contribution in [0.2, 0.25) is 0 Å². The number of nitrogens with zero attached hydrogens (tertiary/aromatic N) is 2. The van der Waals surface area contributed by atoms with Crippen molar-refractivity contribution in [1.82, 2.24) is 0 Å². The molecule has 1 heterocycles. The van der Waals surface area contributed by atoms with Crippen LogP contribution in [0, 0.1) is 18.5 Å². The summed E-state index contributed by atoms with van der Waals surface area (Å²) in [6.45, 7) is 0. The Kier molecular flexibility index (Phi) is 5.59. The number of thiophene rings is 1. The summed E-state index contributed by atoms with van der Waals surface area (Å²) in [6.07, 6.45) is 6.35. The third-order valence-corrected chi connectivity index (χ3v) is 6.62. The van der Waals surface area contributed by atoms with E-state index in [0.717, 1.165) is 41.9 Å². The first kappa shape index (κ1) is 17.2. The molecule has 1 aliphatic rings. The predicted octanol–water partition coefficient (Wildman–Crippen LogP) is 5.47. The molecule has 0 saturated carbocycles. The van der Waals surface area contributed by atoms with E-state index < -0.39 is 0 Å². The van der Waals surface area contributed by atoms with Gasteiger partial charge in [-0.3, -0.25) is 0 Å². The van der Waals surface area contributed by atoms with Crippen molar-refractivity contribution in [2.24, 2.45) is 4.99 Å². The Morgan fingerprint density at radius 1 is 1.26 bits per heavy atom. The van der Waals surface area contributed by atoms with E-state index >= 15 is 0 Å². The second-order valence-corrected chi connectivity index (χ2v) is 8.69. The number of nitriles is 1. The molecule has 0 unspecified atom stereocenters. The van der Waals surface area contributed by atoms with Gasteiger partial charge in [0.15, 0.2) is 0 Å². The smallest absolute Gasteiger partial charge is 0.145 e. The van der Waals surface area contributed by atoms with Crippen molar-refractivity contribution in [3.63, 3.8) is 0 Å². The Bertz CT molecular complexity index is 798. The Morgan fingerprint density at radius 3 is 2.61 bits per heavy atom. The van der Waals surface area contributed by atoms with Gasteiger partial charge in [-0.15, -0.1) is 11.3 Å². The molecule has 0 amide bonds. The van der Waals surface area contributed by atoms with Gasteiger partial charge in [0.25, 0.3) is 0 Å². The summed E-state index contributed by atoms with van der Waals surface area (Å²) in [6, 6.07) is 6.45. The summed E-state index contributed by atoms with van der Waals surface area (Å²) in [5.41, 5.74) is 3.03. The van der Waals surface area contributed by atoms with Crippen molar-refractivity contribution in [3.05, 3.63) is 40.8 Å². The lowest BCUT2D eigenvalue weighted by Crippen LogP contribution is -1.99. The number of fused-ring (bicyclic) bond motifs is 1. The third-order valence-electron chi connectivity index (χ3n) is 3.82. The maximum absolute atomic E-state index is 9.48. The van der Waals surface area contributed by atoms with Gasteiger partial charge in [-0.25, -0.2) is 4.99 Å². The van der Waals surface area contributed by atoms with Crippen molar-refractivity contribution in [3.8, 4) is 11.8 Å². The van der Waals surface area contributed by atoms with Crippen molar-refractivity contribution in [2.45, 2.75) is 25.7 Å². The van der Waals surface area contributed by atoms with Crippen molar-refractivity contribution < 1.29 is 4.74 Å². The summed E-state index contributed by atoms with van der Waals surface area (Å²) < 4.78 is 7.50. The van der Waals surface area contributed by atoms with E-state index in [4.69, 9.17) is 4.74 Å². The van der Waals surface area contributed by atoms with Gasteiger partial charge in [-0.1, -0.05) is 0 Å². The Labute approximate surface area is 167 Å². The van der Waals surface area contributed by atoms with E-state index in [-0.39, 0.29) is 0 Å². The van der Waals surface area contributed by atoms with Crippen molar-refractivity contribution in [1.29, 1.82) is 5.26 Å². The van der Waals surface area contributed by atoms with Crippen LogP contribution in [0.4, 0.5) is 5.00 Å². The van der Waals surface area contributed by atoms with E-state index in [1.807, 2.05) is 18.3 Å². The van der Waals surface area contributed by atoms with Gasteiger partial charge in [-0.2, -0.15) is 5.26 Å². The van der Waals surface area contributed by atoms with Gasteiger partial charge in [0.1, 0.15) is 16.8 Å². The second-order valence-electron chi connectivity index (χ2n) is 5.28. The largest absolute Gasteiger partial charge is 0.495 e. The van der Waals surface area contributed by atoms with E-state index in [9.17, 15) is 5.26 Å². The van der Waals surface area contributed by atoms with Crippen LogP contribution in [0.15, 0.2) is 17.1 Å². The number of hydrogen-bond donors (Lipinski definition) is 0. The number of ether oxygens (including phenoxy) is 1. The molecular formula is C17H14I2N2OS. The SMILES string of the molecule is COc1c(I)cc(/C=N/c2sc3c(c2C#N)CCCC3)cc1I. The predicted molar refractivity (Wildman–Crippen MR) is 111 cm³/mol. The monoisotopic (exact) mass is 548 g/mol. The maximum atomic E-state index is 9.48. The van der Waals surface area contributed by atoms with Crippen molar-refractivity contribution in [2.75, 3.05) is 7.11 Å². The Morgan fingerprint density at radius 2 is 1.96 bits per heavy atom. The molecule has 1 aromatic heterocycles. The molecule has 0 atom stereocenters. The summed E-state index contributed by atoms with van der Waals surface area (Å²) in [5, 5.41) is 10.3. The molecule has 0 aliphatic heterocycles. The van der Waals surface area contributed by atoms with E-state index in [0.29, 0.717) is 0 Å². The van der Waals surface area contributed by atoms with Gasteiger partial charge in [0.05, 0.1) is 19.8 Å². The third kappa shape index (κ3) is 3.56. The number of benzene rings is 1. The molecular weight excluding hydrogens is 534 g/mol. The van der Waals surface area contributed by atoms with Crippen molar-refractivity contribution >= 4 is 67.7 Å². The van der Waals surface area contributed by atoms with Gasteiger partial charge >= 0.3 is 0 Å². The average Bonchev–Trinajstić information content (AvgIpc) is 2.90. The zero-order valence-electron chi connectivity index (χ0n) is 12.5. The molecule has 0 fully saturated rings. The first-order valence-electron chi connectivity index (χ1n) is 7.25. The summed E-state index contributed by atoms with van der Waals surface area (Å²) >= 11 is 6.21. The van der Waals surface area contributed by atoms with Crippen LogP contribution in [0.25, 0.3) is 0 Å². The molecule has 118 valence electrons. The minimum atomic E-state index is 0.777. The molecule has 0 bridgehead atoms. The zero-order valence-corrected chi connectivity index (χ0v) is 17.7. The molecule has 3 nitrogen and oxygen atoms in total. The summed E-state index contributed by atoms with van der Waals surface area (Å²) in [7, 11) is 1.68. The number of aryl methyl sites for hydroxylation is 1. The molecule has 3 rings (SSSR count). The molecule has 1 aromatic carbocycles. The summed E-state index contributed by atoms with van der Waals surface area (Å²) in [5.74, 6) is 0.896. The Balaban J connectivity index is 1.95. The van der Waals surface area contributed by atoms with Gasteiger partial charge in [0, 0.05) is 11.1 Å². The highest BCUT2D eigenvalue weighted by molar-refractivity contribution is 14.1. The van der Waals surface area contributed by atoms with Crippen LogP contribution in [0.3, 0.4) is 0 Å². The molecule has 0 radical (unpaired) electrons. The number of halogens is 2. The van der Waals surface area contributed by atoms with Crippen LogP contribution in [0.1, 0.15) is 34.4 Å². The lowest BCUT2D eigenvalue weighted by molar-refractivity contribution is 0.409. The average molecular weight is 548 g/mol. The Hall–Kier alpha value is -0.660. The fourth-order valence-corrected chi connectivity index (χ4v) is 6.18. The highest BCUT2D eigenvalue weighted by Gasteiger charge is 2.20. The van der Waals surface area contributed by atoms with Crippen LogP contribution < -0.4 is 4.74 Å². The number of methoxy groups -OCH3 is 1. The van der Waals surface area contributed by atoms with Gasteiger partial charge in [0.2, 0.25) is 0 Å². The molecule has 1 aliphatic carbocycles. The topological polar surface area (TPSA) is 45.4 Å². The lowest BCUT2D eigenvalue weighted by Gasteiger charge is -2.09. The molecule has 6 heteroatoms. The normalized spacial score (nSPS) is 13.8. The molecule has 2 aromatic rings. The molecule has 0 saturated heterocycles. The molecule has 0 spiro atoms. The van der Waals surface area contributed by atoms with E-state index in [2.05, 4.69) is 56.2 Å². The fourth-order valence-electron chi connectivity index (χ4n) is 2.74. The van der Waals surface area contributed by atoms with E-state index in [1.54, 1.807) is 18.4 Å². The quantitative estimate of drug-likeness (QED) is 0.378. The fraction of sp³-hybridized carbons (Fsp3) is 0.294. The molecule has 23 heavy (non-hydrogen) atoms. The highest BCUT2D eigenvalue weighted by Crippen LogP contribution is 2.39. The van der Waals surface area contributed by atoms with E-state index in [1.165, 1.54) is 23.3 Å². The van der Waals surface area contributed by atoms with Crippen LogP contribution in [-0.2, 0) is 12.8 Å². The first-order chi connectivity index (χ1) is 11.1. The highest BCUT2D eigenvalue weighted by atomic mass is 127. The van der Waals surface area contributed by atoms with Crippen LogP contribution in [-0.4, -0.2) is 13.3 Å². The zero-order chi connectivity index (χ0) is 16.4. The minimum absolute atomic E-state index is 0.777. The lowest BCUT2D eigenvalue weighted by atomic mass is 9.96. The second kappa shape index (κ2) is 7.49. The number of hydrogen-bond acceptors (Lipinski definition) is 4. The molecule has 0 N–H and O–H groups in total.